The highest BCUT2D eigenvalue weighted by atomic mass is 16.6. The third-order valence-corrected chi connectivity index (χ3v) is 1.83. The lowest BCUT2D eigenvalue weighted by atomic mass is 10.4. The van der Waals surface area contributed by atoms with Crippen molar-refractivity contribution in [2.45, 2.75) is 32.8 Å². The number of hydrogen-bond donors (Lipinski definition) is 1. The Morgan fingerprint density at radius 3 is 2.25 bits per heavy atom. The standard InChI is InChI=1S/C11H22O5/c1-3-4-5-14-6-7-15-8-9-16-11(13)10(2)12/h10,12H,3-9H2,1-2H3. The summed E-state index contributed by atoms with van der Waals surface area (Å²) in [5.74, 6) is -0.622. The molecule has 0 aromatic carbocycles. The van der Waals surface area contributed by atoms with Crippen molar-refractivity contribution < 1.29 is 24.1 Å². The van der Waals surface area contributed by atoms with E-state index in [9.17, 15) is 4.79 Å². The maximum atomic E-state index is 10.8. The molecular formula is C11H22O5. The Morgan fingerprint density at radius 1 is 1.12 bits per heavy atom. The highest BCUT2D eigenvalue weighted by molar-refractivity contribution is 5.73. The van der Waals surface area contributed by atoms with Gasteiger partial charge < -0.3 is 19.3 Å². The molecule has 0 aromatic rings. The van der Waals surface area contributed by atoms with Gasteiger partial charge in [0.2, 0.25) is 0 Å². The predicted molar refractivity (Wildman–Crippen MR) is 59.2 cm³/mol. The molecule has 0 aliphatic rings. The summed E-state index contributed by atoms with van der Waals surface area (Å²) in [5.41, 5.74) is 0. The highest BCUT2D eigenvalue weighted by Crippen LogP contribution is 1.89. The number of aliphatic hydroxyl groups is 1. The summed E-state index contributed by atoms with van der Waals surface area (Å²) >= 11 is 0. The molecule has 0 amide bonds. The van der Waals surface area contributed by atoms with Gasteiger partial charge in [-0.15, -0.1) is 0 Å². The molecule has 5 nitrogen and oxygen atoms in total. The normalized spacial score (nSPS) is 12.4. The van der Waals surface area contributed by atoms with Crippen LogP contribution in [-0.2, 0) is 19.0 Å². The zero-order valence-electron chi connectivity index (χ0n) is 10.1. The largest absolute Gasteiger partial charge is 0.461 e. The van der Waals surface area contributed by atoms with Crippen molar-refractivity contribution in [2.75, 3.05) is 33.0 Å². The van der Waals surface area contributed by atoms with Crippen LogP contribution in [0.1, 0.15) is 26.7 Å². The molecule has 0 rings (SSSR count). The number of carbonyl (C=O) groups is 1. The summed E-state index contributed by atoms with van der Waals surface area (Å²) in [5, 5.41) is 8.81. The Labute approximate surface area is 96.7 Å². The van der Waals surface area contributed by atoms with Crippen LogP contribution >= 0.6 is 0 Å². The summed E-state index contributed by atoms with van der Waals surface area (Å²) in [6.45, 7) is 5.78. The van der Waals surface area contributed by atoms with E-state index < -0.39 is 12.1 Å². The minimum Gasteiger partial charge on any atom is -0.461 e. The van der Waals surface area contributed by atoms with E-state index in [4.69, 9.17) is 19.3 Å². The monoisotopic (exact) mass is 234 g/mol. The van der Waals surface area contributed by atoms with Gasteiger partial charge in [-0.25, -0.2) is 4.79 Å². The lowest BCUT2D eigenvalue weighted by molar-refractivity contribution is -0.154. The van der Waals surface area contributed by atoms with Crippen molar-refractivity contribution in [1.29, 1.82) is 0 Å². The number of esters is 1. The summed E-state index contributed by atoms with van der Waals surface area (Å²) < 4.78 is 15.1. The minimum atomic E-state index is -1.07. The first-order valence-electron chi connectivity index (χ1n) is 5.68. The second-order valence-electron chi connectivity index (χ2n) is 3.42. The molecule has 1 N–H and O–H groups in total. The molecule has 1 unspecified atom stereocenters. The molecule has 0 aliphatic heterocycles. The van der Waals surface area contributed by atoms with Crippen molar-refractivity contribution in [3.63, 3.8) is 0 Å². The second-order valence-corrected chi connectivity index (χ2v) is 3.42. The highest BCUT2D eigenvalue weighted by Gasteiger charge is 2.08. The van der Waals surface area contributed by atoms with Gasteiger partial charge in [-0.05, 0) is 13.3 Å². The maximum absolute atomic E-state index is 10.8. The molecule has 0 aromatic heterocycles. The smallest absolute Gasteiger partial charge is 0.334 e. The Bertz CT molecular complexity index is 170. The molecule has 0 heterocycles. The first-order valence-corrected chi connectivity index (χ1v) is 5.68. The first-order chi connectivity index (χ1) is 7.68. The van der Waals surface area contributed by atoms with E-state index in [0.717, 1.165) is 19.4 Å². The van der Waals surface area contributed by atoms with Gasteiger partial charge >= 0.3 is 5.97 Å². The Hall–Kier alpha value is -0.650. The van der Waals surface area contributed by atoms with Gasteiger partial charge in [0.25, 0.3) is 0 Å². The van der Waals surface area contributed by atoms with Crippen LogP contribution in [0, 0.1) is 0 Å². The molecule has 0 bridgehead atoms. The second kappa shape index (κ2) is 10.9. The van der Waals surface area contributed by atoms with Gasteiger partial charge in [0.05, 0.1) is 19.8 Å². The van der Waals surface area contributed by atoms with Crippen LogP contribution in [0.25, 0.3) is 0 Å². The van der Waals surface area contributed by atoms with Gasteiger partial charge in [-0.3, -0.25) is 0 Å². The first kappa shape index (κ1) is 15.3. The molecule has 0 saturated carbocycles. The van der Waals surface area contributed by atoms with Crippen molar-refractivity contribution in [1.82, 2.24) is 0 Å². The van der Waals surface area contributed by atoms with E-state index in [2.05, 4.69) is 6.92 Å². The Kier molecular flexibility index (Phi) is 10.4. The fraction of sp³-hybridized carbons (Fsp3) is 0.909. The quantitative estimate of drug-likeness (QED) is 0.446. The topological polar surface area (TPSA) is 65.0 Å². The molecule has 0 fully saturated rings. The average Bonchev–Trinajstić information content (AvgIpc) is 2.26. The molecule has 0 saturated heterocycles. The van der Waals surface area contributed by atoms with E-state index in [1.54, 1.807) is 0 Å². The number of ether oxygens (including phenoxy) is 3. The molecule has 0 radical (unpaired) electrons. The van der Waals surface area contributed by atoms with Gasteiger partial charge in [-0.1, -0.05) is 13.3 Å². The van der Waals surface area contributed by atoms with Crippen LogP contribution in [0.4, 0.5) is 0 Å². The van der Waals surface area contributed by atoms with E-state index in [1.807, 2.05) is 0 Å². The Balaban J connectivity index is 3.07. The lowest BCUT2D eigenvalue weighted by Crippen LogP contribution is -2.21. The van der Waals surface area contributed by atoms with Crippen LogP contribution < -0.4 is 0 Å². The van der Waals surface area contributed by atoms with Crippen LogP contribution in [0.3, 0.4) is 0 Å². The summed E-state index contributed by atoms with van der Waals surface area (Å²) in [6, 6.07) is 0. The van der Waals surface area contributed by atoms with Crippen LogP contribution in [0.5, 0.6) is 0 Å². The summed E-state index contributed by atoms with van der Waals surface area (Å²) in [6.07, 6.45) is 1.11. The van der Waals surface area contributed by atoms with E-state index in [0.29, 0.717) is 19.8 Å². The summed E-state index contributed by atoms with van der Waals surface area (Å²) in [7, 11) is 0. The van der Waals surface area contributed by atoms with Crippen LogP contribution in [-0.4, -0.2) is 50.2 Å². The van der Waals surface area contributed by atoms with Gasteiger partial charge in [0.1, 0.15) is 12.7 Å². The van der Waals surface area contributed by atoms with Crippen LogP contribution in [0.15, 0.2) is 0 Å². The number of unbranched alkanes of at least 4 members (excludes halogenated alkanes) is 1. The van der Waals surface area contributed by atoms with Crippen molar-refractivity contribution >= 4 is 5.97 Å². The predicted octanol–water partition coefficient (Wildman–Crippen LogP) is 0.744. The minimum absolute atomic E-state index is 0.165. The van der Waals surface area contributed by atoms with Crippen LogP contribution in [0.2, 0.25) is 0 Å². The van der Waals surface area contributed by atoms with E-state index >= 15 is 0 Å². The number of rotatable bonds is 10. The number of hydrogen-bond acceptors (Lipinski definition) is 5. The molecule has 0 aliphatic carbocycles. The molecular weight excluding hydrogens is 212 g/mol. The average molecular weight is 234 g/mol. The van der Waals surface area contributed by atoms with Crippen molar-refractivity contribution in [3.8, 4) is 0 Å². The van der Waals surface area contributed by atoms with Gasteiger partial charge in [-0.2, -0.15) is 0 Å². The Morgan fingerprint density at radius 2 is 1.69 bits per heavy atom. The van der Waals surface area contributed by atoms with Gasteiger partial charge in [0, 0.05) is 6.61 Å². The molecule has 16 heavy (non-hydrogen) atoms. The van der Waals surface area contributed by atoms with Gasteiger partial charge in [0.15, 0.2) is 0 Å². The molecule has 0 spiro atoms. The molecule has 96 valence electrons. The third-order valence-electron chi connectivity index (χ3n) is 1.83. The zero-order chi connectivity index (χ0) is 12.2. The number of carbonyl (C=O) groups excluding carboxylic acids is 1. The fourth-order valence-corrected chi connectivity index (χ4v) is 0.890. The lowest BCUT2D eigenvalue weighted by Gasteiger charge is -2.07. The molecule has 5 heteroatoms. The zero-order valence-corrected chi connectivity index (χ0v) is 10.1. The van der Waals surface area contributed by atoms with E-state index in [-0.39, 0.29) is 6.61 Å². The fourth-order valence-electron chi connectivity index (χ4n) is 0.890. The SMILES string of the molecule is CCCCOCCOCCOC(=O)C(C)O. The van der Waals surface area contributed by atoms with Crippen molar-refractivity contribution in [2.24, 2.45) is 0 Å². The molecule has 1 atom stereocenters. The summed E-state index contributed by atoms with van der Waals surface area (Å²) in [4.78, 5) is 10.8. The van der Waals surface area contributed by atoms with E-state index in [1.165, 1.54) is 6.92 Å². The van der Waals surface area contributed by atoms with Crippen molar-refractivity contribution in [3.05, 3.63) is 0 Å². The maximum Gasteiger partial charge on any atom is 0.334 e. The third kappa shape index (κ3) is 9.89. The number of aliphatic hydroxyl groups excluding tert-OH is 1.